The van der Waals surface area contributed by atoms with Crippen LogP contribution in [0, 0.1) is 11.3 Å². The van der Waals surface area contributed by atoms with E-state index in [0.29, 0.717) is 5.56 Å². The first-order valence-electron chi connectivity index (χ1n) is 3.55. The van der Waals surface area contributed by atoms with Gasteiger partial charge in [-0.05, 0) is 37.4 Å². The van der Waals surface area contributed by atoms with Crippen molar-refractivity contribution in [1.29, 1.82) is 5.26 Å². The summed E-state index contributed by atoms with van der Waals surface area (Å²) in [5, 5.41) is 8.45. The van der Waals surface area contributed by atoms with Crippen LogP contribution in [0.4, 0.5) is 8.78 Å². The molecule has 74 valence electrons. The van der Waals surface area contributed by atoms with Crippen molar-refractivity contribution in [3.05, 3.63) is 26.4 Å². The number of nitrogens with zero attached hydrogens (tertiary/aromatic N) is 2. The third kappa shape index (κ3) is 2.28. The van der Waals surface area contributed by atoms with E-state index in [0.717, 1.165) is 0 Å². The van der Waals surface area contributed by atoms with Crippen LogP contribution in [0.1, 0.15) is 17.6 Å². The number of aromatic nitrogens is 1. The van der Waals surface area contributed by atoms with E-state index in [4.69, 9.17) is 5.26 Å². The van der Waals surface area contributed by atoms with E-state index in [-0.39, 0.29) is 21.1 Å². The van der Waals surface area contributed by atoms with Crippen LogP contribution in [-0.4, -0.2) is 4.98 Å². The standard InChI is InChI=1S/C8H4Br2F2N2/c9-6-4(1-2-13)3-14-7(10)5(6)8(11)12/h3,8H,1H2. The molecule has 0 aliphatic rings. The summed E-state index contributed by atoms with van der Waals surface area (Å²) in [6, 6.07) is 1.88. The summed E-state index contributed by atoms with van der Waals surface area (Å²) >= 11 is 5.96. The first-order valence-corrected chi connectivity index (χ1v) is 5.14. The predicted molar refractivity (Wildman–Crippen MR) is 53.9 cm³/mol. The Morgan fingerprint density at radius 3 is 2.64 bits per heavy atom. The Morgan fingerprint density at radius 2 is 2.14 bits per heavy atom. The van der Waals surface area contributed by atoms with Gasteiger partial charge in [0.05, 0.1) is 18.1 Å². The fourth-order valence-corrected chi connectivity index (χ4v) is 2.26. The van der Waals surface area contributed by atoms with Crippen LogP contribution in [0.2, 0.25) is 0 Å². The quantitative estimate of drug-likeness (QED) is 0.779. The van der Waals surface area contributed by atoms with E-state index in [1.54, 1.807) is 0 Å². The first-order chi connectivity index (χ1) is 6.57. The fraction of sp³-hybridized carbons (Fsp3) is 0.250. The maximum absolute atomic E-state index is 12.5. The molecule has 1 aromatic heterocycles. The molecule has 14 heavy (non-hydrogen) atoms. The Labute approximate surface area is 96.2 Å². The second-order valence-electron chi connectivity index (χ2n) is 2.44. The van der Waals surface area contributed by atoms with Crippen molar-refractivity contribution in [2.45, 2.75) is 12.8 Å². The molecule has 0 bridgehead atoms. The van der Waals surface area contributed by atoms with Crippen molar-refractivity contribution in [2.24, 2.45) is 0 Å². The molecule has 0 unspecified atom stereocenters. The zero-order chi connectivity index (χ0) is 10.7. The van der Waals surface area contributed by atoms with E-state index in [1.165, 1.54) is 6.20 Å². The van der Waals surface area contributed by atoms with Crippen LogP contribution in [0.15, 0.2) is 15.3 Å². The average molecular weight is 326 g/mol. The molecule has 1 aromatic rings. The second kappa shape index (κ2) is 4.80. The largest absolute Gasteiger partial charge is 0.267 e. The molecule has 0 fully saturated rings. The summed E-state index contributed by atoms with van der Waals surface area (Å²) in [5.41, 5.74) is 0.253. The summed E-state index contributed by atoms with van der Waals surface area (Å²) in [6.45, 7) is 0. The van der Waals surface area contributed by atoms with Crippen LogP contribution in [-0.2, 0) is 6.42 Å². The maximum atomic E-state index is 12.5. The highest BCUT2D eigenvalue weighted by Gasteiger charge is 2.19. The molecule has 0 amide bonds. The molecule has 0 aliphatic heterocycles. The third-order valence-electron chi connectivity index (χ3n) is 1.56. The molecule has 0 atom stereocenters. The Balaban J connectivity index is 3.28. The molecule has 1 heterocycles. The van der Waals surface area contributed by atoms with E-state index < -0.39 is 6.43 Å². The van der Waals surface area contributed by atoms with Gasteiger partial charge in [-0.2, -0.15) is 5.26 Å². The van der Waals surface area contributed by atoms with E-state index in [2.05, 4.69) is 36.8 Å². The number of hydrogen-bond acceptors (Lipinski definition) is 2. The van der Waals surface area contributed by atoms with Crippen molar-refractivity contribution in [1.82, 2.24) is 4.98 Å². The Hall–Kier alpha value is -0.540. The first kappa shape index (κ1) is 11.5. The van der Waals surface area contributed by atoms with Gasteiger partial charge in [-0.3, -0.25) is 0 Å². The monoisotopic (exact) mass is 324 g/mol. The van der Waals surface area contributed by atoms with Gasteiger partial charge in [-0.25, -0.2) is 13.8 Å². The van der Waals surface area contributed by atoms with E-state index in [9.17, 15) is 8.78 Å². The Kier molecular flexibility index (Phi) is 3.96. The Bertz CT molecular complexity index is 388. The maximum Gasteiger partial charge on any atom is 0.267 e. The number of alkyl halides is 2. The summed E-state index contributed by atoms with van der Waals surface area (Å²) in [7, 11) is 0. The van der Waals surface area contributed by atoms with Crippen molar-refractivity contribution >= 4 is 31.9 Å². The van der Waals surface area contributed by atoms with Gasteiger partial charge in [0.15, 0.2) is 0 Å². The van der Waals surface area contributed by atoms with Crippen LogP contribution in [0.25, 0.3) is 0 Å². The van der Waals surface area contributed by atoms with Gasteiger partial charge in [0.2, 0.25) is 0 Å². The van der Waals surface area contributed by atoms with Crippen molar-refractivity contribution in [3.8, 4) is 6.07 Å². The number of halogens is 4. The van der Waals surface area contributed by atoms with E-state index in [1.807, 2.05) is 6.07 Å². The number of hydrogen-bond donors (Lipinski definition) is 0. The summed E-state index contributed by atoms with van der Waals surface area (Å²) in [5.74, 6) is 0. The average Bonchev–Trinajstić information content (AvgIpc) is 2.10. The molecular formula is C8H4Br2F2N2. The molecule has 0 aliphatic carbocycles. The lowest BCUT2D eigenvalue weighted by molar-refractivity contribution is 0.149. The number of nitriles is 1. The molecule has 0 spiro atoms. The molecule has 2 nitrogen and oxygen atoms in total. The van der Waals surface area contributed by atoms with Crippen LogP contribution >= 0.6 is 31.9 Å². The van der Waals surface area contributed by atoms with Gasteiger partial charge in [0.25, 0.3) is 6.43 Å². The predicted octanol–water partition coefficient (Wildman–Crippen LogP) is 3.61. The van der Waals surface area contributed by atoms with Gasteiger partial charge >= 0.3 is 0 Å². The minimum atomic E-state index is -2.62. The van der Waals surface area contributed by atoms with Gasteiger partial charge in [0, 0.05) is 10.7 Å². The molecule has 0 radical (unpaired) electrons. The minimum absolute atomic E-state index is 0.0561. The van der Waals surface area contributed by atoms with Crippen LogP contribution < -0.4 is 0 Å². The molecular weight excluding hydrogens is 322 g/mol. The van der Waals surface area contributed by atoms with Gasteiger partial charge in [0.1, 0.15) is 4.60 Å². The lowest BCUT2D eigenvalue weighted by Crippen LogP contribution is -1.96. The van der Waals surface area contributed by atoms with Gasteiger partial charge in [-0.15, -0.1) is 0 Å². The normalized spacial score (nSPS) is 10.3. The van der Waals surface area contributed by atoms with Crippen molar-refractivity contribution < 1.29 is 8.78 Å². The second-order valence-corrected chi connectivity index (χ2v) is 3.98. The van der Waals surface area contributed by atoms with Gasteiger partial charge in [-0.1, -0.05) is 0 Å². The highest BCUT2D eigenvalue weighted by molar-refractivity contribution is 9.11. The van der Waals surface area contributed by atoms with Crippen molar-refractivity contribution in [3.63, 3.8) is 0 Å². The van der Waals surface area contributed by atoms with Crippen LogP contribution in [0.5, 0.6) is 0 Å². The molecule has 0 aromatic carbocycles. The lowest BCUT2D eigenvalue weighted by Gasteiger charge is -2.08. The van der Waals surface area contributed by atoms with E-state index >= 15 is 0 Å². The zero-order valence-corrected chi connectivity index (χ0v) is 9.94. The highest BCUT2D eigenvalue weighted by atomic mass is 79.9. The summed E-state index contributed by atoms with van der Waals surface area (Å²) in [4.78, 5) is 3.74. The smallest absolute Gasteiger partial charge is 0.248 e. The molecule has 0 saturated carbocycles. The summed E-state index contributed by atoms with van der Waals surface area (Å²) in [6.07, 6.45) is -1.17. The number of pyridine rings is 1. The molecule has 0 saturated heterocycles. The zero-order valence-electron chi connectivity index (χ0n) is 6.77. The molecule has 1 rings (SSSR count). The molecule has 6 heteroatoms. The highest BCUT2D eigenvalue weighted by Crippen LogP contribution is 2.34. The third-order valence-corrected chi connectivity index (χ3v) is 3.13. The summed E-state index contributed by atoms with van der Waals surface area (Å²) < 4.78 is 25.4. The lowest BCUT2D eigenvalue weighted by atomic mass is 10.2. The number of rotatable bonds is 2. The fourth-order valence-electron chi connectivity index (χ4n) is 0.919. The van der Waals surface area contributed by atoms with Crippen LogP contribution in [0.3, 0.4) is 0 Å². The molecule has 0 N–H and O–H groups in total. The SMILES string of the molecule is N#CCc1cnc(Br)c(C(F)F)c1Br. The minimum Gasteiger partial charge on any atom is -0.248 e. The topological polar surface area (TPSA) is 36.7 Å². The van der Waals surface area contributed by atoms with Crippen molar-refractivity contribution in [2.75, 3.05) is 0 Å². The Morgan fingerprint density at radius 1 is 1.50 bits per heavy atom. The van der Waals surface area contributed by atoms with Gasteiger partial charge < -0.3 is 0 Å².